The molecule has 41 heavy (non-hydrogen) atoms. The number of rotatable bonds is 4. The minimum absolute atomic E-state index is 0. The van der Waals surface area contributed by atoms with E-state index in [0.717, 1.165) is 34.1 Å². The molecule has 0 atom stereocenters. The van der Waals surface area contributed by atoms with Crippen LogP contribution < -0.4 is 19.6 Å². The van der Waals surface area contributed by atoms with E-state index >= 15 is 0 Å². The number of aryl methyl sites for hydroxylation is 1. The molecular weight excluding hydrogens is 685 g/mol. The van der Waals surface area contributed by atoms with E-state index in [1.807, 2.05) is 114 Å². The van der Waals surface area contributed by atoms with Gasteiger partial charge in [0.1, 0.15) is 0 Å². The molecule has 0 unspecified atom stereocenters. The molecule has 0 amide bonds. The van der Waals surface area contributed by atoms with E-state index in [1.165, 1.54) is 5.56 Å². The number of hydrogen-bond donors (Lipinski definition) is 0. The van der Waals surface area contributed by atoms with Crippen LogP contribution in [0.4, 0.5) is 34.1 Å². The van der Waals surface area contributed by atoms with E-state index in [0.29, 0.717) is 0 Å². The van der Waals surface area contributed by atoms with Crippen molar-refractivity contribution in [2.45, 2.75) is 6.92 Å². The minimum atomic E-state index is 0. The van der Waals surface area contributed by atoms with Gasteiger partial charge in [-0.2, -0.15) is 73.5 Å². The summed E-state index contributed by atoms with van der Waals surface area (Å²) < 4.78 is 0. The second kappa shape index (κ2) is 12.5. The maximum Gasteiger partial charge on any atom is 0.0329 e. The predicted octanol–water partition coefficient (Wildman–Crippen LogP) is 7.17. The fraction of sp³-hybridized carbons (Fsp3) is 0.0882. The van der Waals surface area contributed by atoms with Crippen LogP contribution in [0.5, 0.6) is 0 Å². The van der Waals surface area contributed by atoms with Crippen LogP contribution in [0.2, 0.25) is 0 Å². The maximum atomic E-state index is 3.40. The van der Waals surface area contributed by atoms with Gasteiger partial charge in [0, 0.05) is 31.5 Å². The van der Waals surface area contributed by atoms with Crippen molar-refractivity contribution < 1.29 is 20.1 Å². The van der Waals surface area contributed by atoms with Gasteiger partial charge in [-0.3, -0.25) is 0 Å². The van der Waals surface area contributed by atoms with Crippen molar-refractivity contribution in [1.82, 2.24) is 9.80 Å². The molecule has 1 radical (unpaired) electrons. The molecule has 211 valence electrons. The predicted molar refractivity (Wildman–Crippen MR) is 163 cm³/mol. The summed E-state index contributed by atoms with van der Waals surface area (Å²) in [5.41, 5.74) is 7.65. The molecule has 0 aromatic heterocycles. The average Bonchev–Trinajstić information content (AvgIpc) is 3.73. The average molecular weight is 715 g/mol. The molecule has 7 rings (SSSR count). The summed E-state index contributed by atoms with van der Waals surface area (Å²) in [4.78, 5) is 12.4. The molecule has 6 nitrogen and oxygen atoms in total. The van der Waals surface area contributed by atoms with Crippen molar-refractivity contribution in [1.29, 1.82) is 0 Å². The third kappa shape index (κ3) is 6.27. The quantitative estimate of drug-likeness (QED) is 0.208. The molecule has 7 heteroatoms. The van der Waals surface area contributed by atoms with Crippen molar-refractivity contribution in [3.05, 3.63) is 153 Å². The number of hydrogen-bond acceptors (Lipinski definition) is 6. The Balaban J connectivity index is 0.000000164. The zero-order valence-corrected chi connectivity index (χ0v) is 25.5. The maximum absolute atomic E-state index is 3.40. The number of benzene rings is 4. The zero-order valence-electron chi connectivity index (χ0n) is 23.1. The summed E-state index contributed by atoms with van der Waals surface area (Å²) in [6, 6.07) is 38.8. The fourth-order valence-corrected chi connectivity index (χ4v) is 4.60. The van der Waals surface area contributed by atoms with Gasteiger partial charge in [-0.05, 0) is 51.0 Å². The molecule has 4 aromatic rings. The van der Waals surface area contributed by atoms with Crippen molar-refractivity contribution in [2.24, 2.45) is 0 Å². The third-order valence-corrected chi connectivity index (χ3v) is 6.65. The summed E-state index contributed by atoms with van der Waals surface area (Å²) in [6.45, 7) is 8.21. The van der Waals surface area contributed by atoms with E-state index < -0.39 is 0 Å². The fourth-order valence-electron chi connectivity index (χ4n) is 4.60. The van der Waals surface area contributed by atoms with Gasteiger partial charge in [0.05, 0.1) is 0 Å². The Bertz CT molecular complexity index is 1460. The van der Waals surface area contributed by atoms with Crippen LogP contribution in [0, 0.1) is 45.1 Å². The van der Waals surface area contributed by atoms with Gasteiger partial charge in [-0.25, -0.2) is 0 Å². The molecule has 0 N–H and O–H groups in total. The van der Waals surface area contributed by atoms with Crippen LogP contribution in [0.25, 0.3) is 0 Å². The molecule has 0 spiro atoms. The largest absolute Gasteiger partial charge is 0.510 e. The molecule has 4 aromatic carbocycles. The van der Waals surface area contributed by atoms with Crippen molar-refractivity contribution in [2.75, 3.05) is 33.7 Å². The first-order valence-electron chi connectivity index (χ1n) is 13.1. The van der Waals surface area contributed by atoms with E-state index in [-0.39, 0.29) is 20.1 Å². The van der Waals surface area contributed by atoms with Gasteiger partial charge in [0.25, 0.3) is 0 Å². The zero-order chi connectivity index (χ0) is 27.5. The van der Waals surface area contributed by atoms with Gasteiger partial charge >= 0.3 is 0 Å². The van der Waals surface area contributed by atoms with Gasteiger partial charge in [0.2, 0.25) is 0 Å². The summed E-state index contributed by atoms with van der Waals surface area (Å²) >= 11 is 0. The minimum Gasteiger partial charge on any atom is -0.510 e. The van der Waals surface area contributed by atoms with Crippen LogP contribution in [-0.2, 0) is 20.1 Å². The summed E-state index contributed by atoms with van der Waals surface area (Å²) in [7, 11) is 4.01. The van der Waals surface area contributed by atoms with Crippen LogP contribution in [0.15, 0.2) is 110 Å². The van der Waals surface area contributed by atoms with Crippen molar-refractivity contribution >= 4 is 34.1 Å². The Morgan fingerprint density at radius 3 is 1.61 bits per heavy atom. The molecule has 0 fully saturated rings. The molecule has 0 saturated carbocycles. The number of para-hydroxylation sites is 3. The summed E-state index contributed by atoms with van der Waals surface area (Å²) in [5.74, 6) is 0. The smallest absolute Gasteiger partial charge is 0.0329 e. The molecule has 3 heterocycles. The Morgan fingerprint density at radius 1 is 0.561 bits per heavy atom. The Hall–Kier alpha value is -4.19. The van der Waals surface area contributed by atoms with E-state index in [4.69, 9.17) is 0 Å². The standard InChI is InChI=1S/C20H15N2.C14H15N4.Ir/c1-16-11-13-18(14-12-16)22-15-21(17-7-3-2-4-8-17)19-9-5-6-10-20(19)22;1-15-6-8-17(11-15)13-4-3-5-14(10-13)18-9-7-16(2)12-18;/h2-7,9-13,15H,1H3;3-9,11-12H,1-2H3;/q2*-3;. The second-order valence-electron chi connectivity index (χ2n) is 9.74. The number of anilines is 6. The molecular formula is C34H30IrN6-6. The Kier molecular flexibility index (Phi) is 8.67. The SMILES string of the molecule is CN1C=CN(c2[c-]c(N3C=CN(C)[CH-]3)ccc2)[CH-]1.Cc1c[c-]c(N2[CH-]N(c3[c-]cccc3)c3ccccc32)cc1.[Ir]. The topological polar surface area (TPSA) is 19.4 Å². The van der Waals surface area contributed by atoms with E-state index in [1.54, 1.807) is 0 Å². The molecule has 3 aliphatic rings. The monoisotopic (exact) mass is 715 g/mol. The first kappa shape index (κ1) is 28.3. The second-order valence-corrected chi connectivity index (χ2v) is 9.74. The van der Waals surface area contributed by atoms with Crippen LogP contribution in [0.1, 0.15) is 5.56 Å². The van der Waals surface area contributed by atoms with Crippen LogP contribution >= 0.6 is 0 Å². The van der Waals surface area contributed by atoms with Crippen molar-refractivity contribution in [3.8, 4) is 0 Å². The first-order valence-corrected chi connectivity index (χ1v) is 13.1. The van der Waals surface area contributed by atoms with Crippen LogP contribution in [-0.4, -0.2) is 23.9 Å². The number of fused-ring (bicyclic) bond motifs is 1. The normalized spacial score (nSPS) is 15.2. The van der Waals surface area contributed by atoms with Gasteiger partial charge in [0.15, 0.2) is 0 Å². The Morgan fingerprint density at radius 2 is 1.12 bits per heavy atom. The summed E-state index contributed by atoms with van der Waals surface area (Å²) in [5, 5.41) is 0. The first-order chi connectivity index (χ1) is 19.5. The van der Waals surface area contributed by atoms with Crippen LogP contribution in [0.3, 0.4) is 0 Å². The number of nitrogens with zero attached hydrogens (tertiary/aromatic N) is 6. The van der Waals surface area contributed by atoms with Gasteiger partial charge < -0.3 is 29.4 Å². The molecule has 0 aliphatic carbocycles. The van der Waals surface area contributed by atoms with E-state index in [2.05, 4.69) is 84.1 Å². The third-order valence-electron chi connectivity index (χ3n) is 6.65. The Labute approximate surface area is 257 Å². The van der Waals surface area contributed by atoms with Gasteiger partial charge in [-0.15, -0.1) is 53.7 Å². The molecule has 3 aliphatic heterocycles. The van der Waals surface area contributed by atoms with Crippen molar-refractivity contribution in [3.63, 3.8) is 0 Å². The summed E-state index contributed by atoms with van der Waals surface area (Å²) in [6.07, 6.45) is 8.06. The molecule has 0 saturated heterocycles. The molecule has 0 bridgehead atoms. The van der Waals surface area contributed by atoms with E-state index in [9.17, 15) is 0 Å². The van der Waals surface area contributed by atoms with Gasteiger partial charge in [-0.1, -0.05) is 19.1 Å².